The molecule has 4 atom stereocenters. The Balaban J connectivity index is 1.50. The first-order valence-electron chi connectivity index (χ1n) is 13.0. The van der Waals surface area contributed by atoms with Crippen LogP contribution in [-0.4, -0.2) is 75.1 Å². The molecule has 178 valence electrons. The quantitative estimate of drug-likeness (QED) is 0.714. The summed E-state index contributed by atoms with van der Waals surface area (Å²) in [4.78, 5) is 32.8. The number of hydrogen-bond donors (Lipinski definition) is 1. The molecule has 2 heterocycles. The van der Waals surface area contributed by atoms with E-state index in [1.54, 1.807) is 0 Å². The van der Waals surface area contributed by atoms with Crippen LogP contribution in [0.5, 0.6) is 0 Å². The largest absolute Gasteiger partial charge is 0.387 e. The highest BCUT2D eigenvalue weighted by molar-refractivity contribution is 6.07. The van der Waals surface area contributed by atoms with Crippen molar-refractivity contribution in [2.24, 2.45) is 5.92 Å². The van der Waals surface area contributed by atoms with Gasteiger partial charge in [-0.3, -0.25) is 14.6 Å². The van der Waals surface area contributed by atoms with Crippen molar-refractivity contribution in [2.75, 3.05) is 26.2 Å². The molecule has 6 heteroatoms. The summed E-state index contributed by atoms with van der Waals surface area (Å²) in [6.45, 7) is 8.94. The van der Waals surface area contributed by atoms with Crippen LogP contribution in [0.2, 0.25) is 0 Å². The second-order valence-electron chi connectivity index (χ2n) is 11.4. The van der Waals surface area contributed by atoms with E-state index in [0.29, 0.717) is 32.4 Å². The van der Waals surface area contributed by atoms with Crippen molar-refractivity contribution in [1.29, 1.82) is 0 Å². The number of amides is 3. The fourth-order valence-electron chi connectivity index (χ4n) is 8.01. The van der Waals surface area contributed by atoms with Gasteiger partial charge in [-0.05, 0) is 89.3 Å². The molecule has 33 heavy (non-hydrogen) atoms. The maximum Gasteiger partial charge on any atom is 0.327 e. The lowest BCUT2D eigenvalue weighted by Gasteiger charge is -2.66. The molecule has 2 saturated heterocycles. The van der Waals surface area contributed by atoms with Crippen LogP contribution in [-0.2, 0) is 16.6 Å². The number of rotatable bonds is 4. The number of piperidine rings is 1. The zero-order valence-electron chi connectivity index (χ0n) is 20.3. The van der Waals surface area contributed by atoms with Gasteiger partial charge in [0.1, 0.15) is 5.54 Å². The Kier molecular flexibility index (Phi) is 4.61. The molecule has 4 fully saturated rings. The number of benzene rings is 1. The summed E-state index contributed by atoms with van der Waals surface area (Å²) < 4.78 is 0. The highest BCUT2D eigenvalue weighted by Crippen LogP contribution is 2.62. The Morgan fingerprint density at radius 2 is 1.88 bits per heavy atom. The lowest BCUT2D eigenvalue weighted by molar-refractivity contribution is -0.188. The van der Waals surface area contributed by atoms with E-state index in [2.05, 4.69) is 30.0 Å². The number of aliphatic hydroxyl groups is 1. The molecule has 5 aliphatic rings. The van der Waals surface area contributed by atoms with Gasteiger partial charge in [0, 0.05) is 31.1 Å². The van der Waals surface area contributed by atoms with E-state index in [-0.39, 0.29) is 18.0 Å². The molecule has 6 rings (SSSR count). The standard InChI is InChI=1S/C27H37N3O3/c1-4-29-23(31)26(30(5-2)24(29)32)10-11-27(33)22-15-20-9-6-18(3)14-21(20)25(27,17-26)12-13-28(22)16-19-7-8-19/h6,9,14,19,22,33H,4-5,7-8,10-13,15-17H2,1-3H3/t22-,25-,26+,27-/m1/s1. The Hall–Kier alpha value is -1.92. The third kappa shape index (κ3) is 2.68. The first-order chi connectivity index (χ1) is 15.8. The minimum absolute atomic E-state index is 0.0509. The molecule has 1 spiro atoms. The van der Waals surface area contributed by atoms with E-state index in [1.165, 1.54) is 34.4 Å². The molecule has 2 aliphatic heterocycles. The predicted octanol–water partition coefficient (Wildman–Crippen LogP) is 3.23. The fourth-order valence-corrected chi connectivity index (χ4v) is 8.01. The maximum atomic E-state index is 13.8. The zero-order chi connectivity index (χ0) is 23.2. The minimum Gasteiger partial charge on any atom is -0.387 e. The third-order valence-electron chi connectivity index (χ3n) is 9.80. The van der Waals surface area contributed by atoms with E-state index in [4.69, 9.17) is 0 Å². The van der Waals surface area contributed by atoms with Crippen molar-refractivity contribution in [3.8, 4) is 0 Å². The van der Waals surface area contributed by atoms with Crippen LogP contribution in [0, 0.1) is 12.8 Å². The molecule has 3 amide bonds. The summed E-state index contributed by atoms with van der Waals surface area (Å²) in [6, 6.07) is 6.62. The van der Waals surface area contributed by atoms with Crippen molar-refractivity contribution < 1.29 is 14.7 Å². The van der Waals surface area contributed by atoms with Gasteiger partial charge in [0.25, 0.3) is 5.91 Å². The number of hydrogen-bond acceptors (Lipinski definition) is 4. The van der Waals surface area contributed by atoms with E-state index in [1.807, 2.05) is 18.7 Å². The summed E-state index contributed by atoms with van der Waals surface area (Å²) in [6.07, 6.45) is 5.99. The van der Waals surface area contributed by atoms with E-state index < -0.39 is 16.6 Å². The molecule has 1 aromatic rings. The van der Waals surface area contributed by atoms with Crippen LogP contribution in [0.15, 0.2) is 18.2 Å². The Labute approximate surface area is 196 Å². The monoisotopic (exact) mass is 451 g/mol. The first-order valence-corrected chi connectivity index (χ1v) is 13.0. The number of nitrogens with zero attached hydrogens (tertiary/aromatic N) is 3. The number of aryl methyl sites for hydroxylation is 1. The van der Waals surface area contributed by atoms with Gasteiger partial charge in [-0.2, -0.15) is 0 Å². The topological polar surface area (TPSA) is 64.1 Å². The number of fused-ring (bicyclic) bond motifs is 1. The van der Waals surface area contributed by atoms with Gasteiger partial charge < -0.3 is 10.0 Å². The summed E-state index contributed by atoms with van der Waals surface area (Å²) in [5.41, 5.74) is 1.55. The summed E-state index contributed by atoms with van der Waals surface area (Å²) in [5.74, 6) is 0.725. The zero-order valence-corrected chi connectivity index (χ0v) is 20.3. The maximum absolute atomic E-state index is 13.8. The van der Waals surface area contributed by atoms with Gasteiger partial charge in [-0.25, -0.2) is 4.79 Å². The highest BCUT2D eigenvalue weighted by atomic mass is 16.3. The van der Waals surface area contributed by atoms with Crippen molar-refractivity contribution in [2.45, 2.75) is 88.3 Å². The number of urea groups is 1. The smallest absolute Gasteiger partial charge is 0.327 e. The molecule has 0 aromatic heterocycles. The minimum atomic E-state index is -0.867. The van der Waals surface area contributed by atoms with Crippen LogP contribution in [0.4, 0.5) is 4.79 Å². The van der Waals surface area contributed by atoms with Crippen molar-refractivity contribution in [3.05, 3.63) is 34.9 Å². The lowest BCUT2D eigenvalue weighted by atomic mass is 9.46. The summed E-state index contributed by atoms with van der Waals surface area (Å²) in [5, 5.41) is 12.6. The molecular formula is C27H37N3O3. The molecule has 1 aromatic carbocycles. The predicted molar refractivity (Wildman–Crippen MR) is 126 cm³/mol. The van der Waals surface area contributed by atoms with Crippen LogP contribution in [0.25, 0.3) is 0 Å². The molecule has 1 N–H and O–H groups in total. The Bertz CT molecular complexity index is 1020. The van der Waals surface area contributed by atoms with Gasteiger partial charge in [0.15, 0.2) is 0 Å². The third-order valence-corrected chi connectivity index (χ3v) is 9.80. The van der Waals surface area contributed by atoms with Crippen LogP contribution in [0.1, 0.15) is 69.1 Å². The van der Waals surface area contributed by atoms with Gasteiger partial charge in [0.05, 0.1) is 5.60 Å². The second kappa shape index (κ2) is 7.05. The van der Waals surface area contributed by atoms with Gasteiger partial charge in [-0.15, -0.1) is 0 Å². The first kappa shape index (κ1) is 21.6. The number of carbonyl (C=O) groups excluding carboxylic acids is 2. The number of carbonyl (C=O) groups is 2. The average molecular weight is 452 g/mol. The molecule has 2 bridgehead atoms. The number of likely N-dealkylation sites (N-methyl/N-ethyl adjacent to an activating group) is 2. The Morgan fingerprint density at radius 1 is 1.09 bits per heavy atom. The van der Waals surface area contributed by atoms with Gasteiger partial charge in [0.2, 0.25) is 0 Å². The van der Waals surface area contributed by atoms with Crippen LogP contribution in [0.3, 0.4) is 0 Å². The van der Waals surface area contributed by atoms with E-state index in [0.717, 1.165) is 31.8 Å². The molecule has 3 aliphatic carbocycles. The molecule has 0 radical (unpaired) electrons. The lowest BCUT2D eigenvalue weighted by Crippen LogP contribution is -2.76. The van der Waals surface area contributed by atoms with E-state index in [9.17, 15) is 14.7 Å². The normalized spacial score (nSPS) is 38.1. The highest BCUT2D eigenvalue weighted by Gasteiger charge is 2.71. The summed E-state index contributed by atoms with van der Waals surface area (Å²) in [7, 11) is 0. The number of imide groups is 1. The SMILES string of the molecule is CCN1C(=O)N(CC)[C@]2(CC[C@@]3(O)[C@H]4Cc5ccc(C)cc5[C@@]3(CCN4CC3CC3)C2)C1=O. The summed E-state index contributed by atoms with van der Waals surface area (Å²) >= 11 is 0. The second-order valence-corrected chi connectivity index (χ2v) is 11.4. The van der Waals surface area contributed by atoms with Crippen molar-refractivity contribution in [1.82, 2.24) is 14.7 Å². The molecule has 2 saturated carbocycles. The Morgan fingerprint density at radius 3 is 2.58 bits per heavy atom. The van der Waals surface area contributed by atoms with Crippen LogP contribution < -0.4 is 0 Å². The average Bonchev–Trinajstić information content (AvgIpc) is 3.58. The van der Waals surface area contributed by atoms with Crippen LogP contribution >= 0.6 is 0 Å². The van der Waals surface area contributed by atoms with Crippen molar-refractivity contribution >= 4 is 11.9 Å². The number of likely N-dealkylation sites (tertiary alicyclic amines) is 1. The van der Waals surface area contributed by atoms with Gasteiger partial charge in [-0.1, -0.05) is 23.8 Å². The molecular weight excluding hydrogens is 414 g/mol. The van der Waals surface area contributed by atoms with Gasteiger partial charge >= 0.3 is 6.03 Å². The molecule has 0 unspecified atom stereocenters. The van der Waals surface area contributed by atoms with E-state index >= 15 is 0 Å². The van der Waals surface area contributed by atoms with Crippen molar-refractivity contribution in [3.63, 3.8) is 0 Å². The molecule has 6 nitrogen and oxygen atoms in total. The fraction of sp³-hybridized carbons (Fsp3) is 0.704.